The molecule has 33 heavy (non-hydrogen) atoms. The van der Waals surface area contributed by atoms with Crippen LogP contribution in [0.4, 0.5) is 11.4 Å². The van der Waals surface area contributed by atoms with Gasteiger partial charge in [0.25, 0.3) is 17.4 Å². The molecule has 0 radical (unpaired) electrons. The number of halogens is 1. The molecular formula is C24H17BrN2O6. The molecule has 1 fully saturated rings. The Morgan fingerprint density at radius 3 is 2.15 bits per heavy atom. The van der Waals surface area contributed by atoms with Gasteiger partial charge in [-0.1, -0.05) is 28.1 Å². The van der Waals surface area contributed by atoms with Crippen molar-refractivity contribution in [1.29, 1.82) is 0 Å². The summed E-state index contributed by atoms with van der Waals surface area (Å²) < 4.78 is 5.98. The van der Waals surface area contributed by atoms with Crippen molar-refractivity contribution >= 4 is 44.8 Å². The summed E-state index contributed by atoms with van der Waals surface area (Å²) in [5.41, 5.74) is 0.988. The van der Waals surface area contributed by atoms with E-state index in [1.54, 1.807) is 48.5 Å². The predicted molar refractivity (Wildman–Crippen MR) is 125 cm³/mol. The van der Waals surface area contributed by atoms with Gasteiger partial charge in [0, 0.05) is 27.9 Å². The SMILES string of the molecule is COc1ccc(N2C(=O)C(=O)/C(=C(/O)c3ccc([N+](=O)[O-])cc3)[C@H]2c2ccc(Br)cc2)cc1. The lowest BCUT2D eigenvalue weighted by atomic mass is 9.95. The van der Waals surface area contributed by atoms with E-state index in [0.717, 1.165) is 4.47 Å². The second-order valence-corrected chi connectivity index (χ2v) is 8.14. The highest BCUT2D eigenvalue weighted by Gasteiger charge is 2.47. The number of rotatable bonds is 5. The zero-order valence-corrected chi connectivity index (χ0v) is 18.9. The van der Waals surface area contributed by atoms with Gasteiger partial charge in [0.2, 0.25) is 0 Å². The molecule has 1 heterocycles. The lowest BCUT2D eigenvalue weighted by Crippen LogP contribution is -2.29. The molecule has 0 bridgehead atoms. The minimum atomic E-state index is -0.901. The Labute approximate surface area is 197 Å². The summed E-state index contributed by atoms with van der Waals surface area (Å²) in [7, 11) is 1.52. The number of carbonyl (C=O) groups is 2. The van der Waals surface area contributed by atoms with Crippen molar-refractivity contribution in [2.24, 2.45) is 0 Å². The molecule has 8 nitrogen and oxygen atoms in total. The van der Waals surface area contributed by atoms with Gasteiger partial charge < -0.3 is 9.84 Å². The normalized spacial score (nSPS) is 17.3. The first-order chi connectivity index (χ1) is 15.8. The second-order valence-electron chi connectivity index (χ2n) is 7.22. The highest BCUT2D eigenvalue weighted by Crippen LogP contribution is 2.42. The smallest absolute Gasteiger partial charge is 0.300 e. The summed E-state index contributed by atoms with van der Waals surface area (Å²) in [5, 5.41) is 22.0. The number of ketones is 1. The Bertz CT molecular complexity index is 1270. The van der Waals surface area contributed by atoms with Crippen molar-refractivity contribution in [2.45, 2.75) is 6.04 Å². The van der Waals surface area contributed by atoms with E-state index in [1.165, 1.54) is 36.3 Å². The standard InChI is InChI=1S/C24H17BrN2O6/c1-33-19-12-10-17(11-13-19)26-21(14-2-6-16(25)7-3-14)20(23(29)24(26)30)22(28)15-4-8-18(9-5-15)27(31)32/h2-13,21,28H,1H3/b22-20+/t21-/m1/s1. The average Bonchev–Trinajstić information content (AvgIpc) is 3.09. The first-order valence-corrected chi connectivity index (χ1v) is 10.6. The summed E-state index contributed by atoms with van der Waals surface area (Å²) in [6.45, 7) is 0. The maximum absolute atomic E-state index is 13.1. The third-order valence-corrected chi connectivity index (χ3v) is 5.86. The molecule has 1 saturated heterocycles. The van der Waals surface area contributed by atoms with Gasteiger partial charge in [-0.25, -0.2) is 0 Å². The van der Waals surface area contributed by atoms with Crippen LogP contribution in [0.3, 0.4) is 0 Å². The molecule has 1 amide bonds. The first kappa shape index (κ1) is 22.2. The van der Waals surface area contributed by atoms with Gasteiger partial charge in [-0.2, -0.15) is 0 Å². The van der Waals surface area contributed by atoms with E-state index >= 15 is 0 Å². The van der Waals surface area contributed by atoms with Crippen molar-refractivity contribution in [3.05, 3.63) is 104 Å². The minimum Gasteiger partial charge on any atom is -0.507 e. The maximum atomic E-state index is 13.1. The molecule has 0 saturated carbocycles. The van der Waals surface area contributed by atoms with E-state index in [2.05, 4.69) is 15.9 Å². The molecule has 1 aliphatic rings. The number of Topliss-reactive ketones (excluding diaryl/α,β-unsaturated/α-hetero) is 1. The Morgan fingerprint density at radius 1 is 1.00 bits per heavy atom. The van der Waals surface area contributed by atoms with Gasteiger partial charge in [-0.3, -0.25) is 24.6 Å². The largest absolute Gasteiger partial charge is 0.507 e. The molecule has 0 unspecified atom stereocenters. The van der Waals surface area contributed by atoms with Crippen LogP contribution in [0.2, 0.25) is 0 Å². The number of hydrogen-bond acceptors (Lipinski definition) is 6. The van der Waals surface area contributed by atoms with E-state index in [1.807, 2.05) is 0 Å². The number of nitrogens with zero attached hydrogens (tertiary/aromatic N) is 2. The Morgan fingerprint density at radius 2 is 1.61 bits per heavy atom. The Kier molecular flexibility index (Phi) is 5.97. The quantitative estimate of drug-likeness (QED) is 0.171. The zero-order chi connectivity index (χ0) is 23.7. The summed E-state index contributed by atoms with van der Waals surface area (Å²) in [6.07, 6.45) is 0. The molecule has 0 spiro atoms. The van der Waals surface area contributed by atoms with Crippen molar-refractivity contribution in [2.75, 3.05) is 12.0 Å². The molecule has 166 valence electrons. The van der Waals surface area contributed by atoms with Crippen LogP contribution in [0.5, 0.6) is 5.75 Å². The van der Waals surface area contributed by atoms with Crippen molar-refractivity contribution in [1.82, 2.24) is 0 Å². The number of methoxy groups -OCH3 is 1. The number of anilines is 1. The van der Waals surface area contributed by atoms with Crippen LogP contribution >= 0.6 is 15.9 Å². The molecule has 1 N–H and O–H groups in total. The summed E-state index contributed by atoms with van der Waals surface area (Å²) in [6, 6.07) is 17.9. The van der Waals surface area contributed by atoms with Crippen LogP contribution in [-0.2, 0) is 9.59 Å². The van der Waals surface area contributed by atoms with E-state index < -0.39 is 28.4 Å². The fourth-order valence-electron chi connectivity index (χ4n) is 3.70. The van der Waals surface area contributed by atoms with E-state index in [9.17, 15) is 24.8 Å². The number of carbonyl (C=O) groups excluding carboxylic acids is 2. The first-order valence-electron chi connectivity index (χ1n) is 9.77. The predicted octanol–water partition coefficient (Wildman–Crippen LogP) is 4.99. The van der Waals surface area contributed by atoms with Crippen LogP contribution in [0, 0.1) is 10.1 Å². The van der Waals surface area contributed by atoms with Crippen LogP contribution < -0.4 is 9.64 Å². The molecular weight excluding hydrogens is 492 g/mol. The van der Waals surface area contributed by atoms with Gasteiger partial charge in [0.05, 0.1) is 23.6 Å². The number of nitro groups is 1. The van der Waals surface area contributed by atoms with Crippen LogP contribution in [0.15, 0.2) is 82.8 Å². The van der Waals surface area contributed by atoms with Gasteiger partial charge in [0.15, 0.2) is 0 Å². The fourth-order valence-corrected chi connectivity index (χ4v) is 3.96. The molecule has 4 rings (SSSR count). The van der Waals surface area contributed by atoms with Crippen molar-refractivity contribution in [3.63, 3.8) is 0 Å². The Balaban J connectivity index is 1.89. The van der Waals surface area contributed by atoms with Crippen molar-refractivity contribution in [3.8, 4) is 5.75 Å². The summed E-state index contributed by atoms with van der Waals surface area (Å²) in [4.78, 5) is 37.9. The third-order valence-electron chi connectivity index (χ3n) is 5.33. The molecule has 1 aliphatic heterocycles. The van der Waals surface area contributed by atoms with E-state index in [-0.39, 0.29) is 16.8 Å². The molecule has 1 atom stereocenters. The van der Waals surface area contributed by atoms with Crippen molar-refractivity contribution < 1.29 is 24.4 Å². The number of aliphatic hydroxyl groups is 1. The van der Waals surface area contributed by atoms with Gasteiger partial charge in [0.1, 0.15) is 11.5 Å². The lowest BCUT2D eigenvalue weighted by Gasteiger charge is -2.25. The molecule has 3 aromatic rings. The topological polar surface area (TPSA) is 110 Å². The molecule has 3 aromatic carbocycles. The molecule has 0 aliphatic carbocycles. The van der Waals surface area contributed by atoms with Crippen LogP contribution in [0.1, 0.15) is 17.2 Å². The molecule has 0 aromatic heterocycles. The van der Waals surface area contributed by atoms with E-state index in [0.29, 0.717) is 17.0 Å². The fraction of sp³-hybridized carbons (Fsp3) is 0.0833. The monoisotopic (exact) mass is 508 g/mol. The lowest BCUT2D eigenvalue weighted by molar-refractivity contribution is -0.384. The number of nitro benzene ring substituents is 1. The maximum Gasteiger partial charge on any atom is 0.300 e. The number of amides is 1. The number of hydrogen-bond donors (Lipinski definition) is 1. The molecule has 9 heteroatoms. The Hall–Kier alpha value is -3.98. The van der Waals surface area contributed by atoms with Gasteiger partial charge >= 0.3 is 0 Å². The van der Waals surface area contributed by atoms with Gasteiger partial charge in [-0.15, -0.1) is 0 Å². The van der Waals surface area contributed by atoms with Crippen LogP contribution in [-0.4, -0.2) is 28.8 Å². The number of non-ortho nitro benzene ring substituents is 1. The van der Waals surface area contributed by atoms with E-state index in [4.69, 9.17) is 4.74 Å². The third kappa shape index (κ3) is 4.10. The van der Waals surface area contributed by atoms with Crippen LogP contribution in [0.25, 0.3) is 5.76 Å². The number of aliphatic hydroxyl groups excluding tert-OH is 1. The number of ether oxygens (including phenoxy) is 1. The zero-order valence-electron chi connectivity index (χ0n) is 17.3. The highest BCUT2D eigenvalue weighted by molar-refractivity contribution is 9.10. The number of benzene rings is 3. The minimum absolute atomic E-state index is 0.105. The van der Waals surface area contributed by atoms with Gasteiger partial charge in [-0.05, 0) is 54.1 Å². The summed E-state index contributed by atoms with van der Waals surface area (Å²) in [5.74, 6) is -1.47. The summed E-state index contributed by atoms with van der Waals surface area (Å²) >= 11 is 3.38. The average molecular weight is 509 g/mol. The second kappa shape index (κ2) is 8.87. The highest BCUT2D eigenvalue weighted by atomic mass is 79.9.